The number of amides is 2. The minimum Gasteiger partial charge on any atom is -0.467 e. The van der Waals surface area contributed by atoms with E-state index in [2.05, 4.69) is 24.0 Å². The number of carbonyl (C=O) groups is 2. The molecule has 2 aliphatic heterocycles. The van der Waals surface area contributed by atoms with Crippen molar-refractivity contribution in [2.45, 2.75) is 19.4 Å². The smallest absolute Gasteiger partial charge is 0.264 e. The molecule has 1 fully saturated rings. The first-order valence-electron chi connectivity index (χ1n) is 11.1. The van der Waals surface area contributed by atoms with Gasteiger partial charge in [-0.15, -0.1) is 11.3 Å². The van der Waals surface area contributed by atoms with Crippen molar-refractivity contribution in [2.75, 3.05) is 32.7 Å². The molecule has 0 bridgehead atoms. The van der Waals surface area contributed by atoms with E-state index in [1.165, 1.54) is 16.9 Å². The highest BCUT2D eigenvalue weighted by Crippen LogP contribution is 2.33. The summed E-state index contributed by atoms with van der Waals surface area (Å²) in [6, 6.07) is 15.4. The summed E-state index contributed by atoms with van der Waals surface area (Å²) < 4.78 is 5.64. The van der Waals surface area contributed by atoms with Crippen molar-refractivity contribution in [3.8, 4) is 0 Å². The molecule has 1 atom stereocenters. The first kappa shape index (κ1) is 21.6. The molecule has 0 aliphatic carbocycles. The van der Waals surface area contributed by atoms with Gasteiger partial charge >= 0.3 is 0 Å². The fourth-order valence-corrected chi connectivity index (χ4v) is 4.98. The normalized spacial score (nSPS) is 19.1. The molecule has 0 radical (unpaired) electrons. The fourth-order valence-electron chi connectivity index (χ4n) is 4.29. The summed E-state index contributed by atoms with van der Waals surface area (Å²) in [6.07, 6.45) is 2.25. The summed E-state index contributed by atoms with van der Waals surface area (Å²) in [5, 5.41) is 8.21. The van der Waals surface area contributed by atoms with Gasteiger partial charge in [0.05, 0.1) is 23.4 Å². The van der Waals surface area contributed by atoms with Gasteiger partial charge < -0.3 is 9.32 Å². The number of thiophene rings is 1. The van der Waals surface area contributed by atoms with E-state index in [4.69, 9.17) is 9.52 Å². The summed E-state index contributed by atoms with van der Waals surface area (Å²) in [4.78, 5) is 30.6. The topological polar surface area (TPSA) is 69.4 Å². The van der Waals surface area contributed by atoms with Crippen LogP contribution in [0.2, 0.25) is 0 Å². The molecular weight excluding hydrogens is 436 g/mol. The molecule has 33 heavy (non-hydrogen) atoms. The Kier molecular flexibility index (Phi) is 6.11. The van der Waals surface area contributed by atoms with Crippen LogP contribution in [0.4, 0.5) is 0 Å². The molecule has 2 amide bonds. The largest absolute Gasteiger partial charge is 0.467 e. The van der Waals surface area contributed by atoms with Crippen LogP contribution in [0.5, 0.6) is 0 Å². The van der Waals surface area contributed by atoms with Crippen LogP contribution in [0.1, 0.15) is 39.0 Å². The molecule has 170 valence electrons. The molecule has 0 saturated carbocycles. The van der Waals surface area contributed by atoms with Gasteiger partial charge in [-0.25, -0.2) is 5.01 Å². The number of hydrogen-bond acceptors (Lipinski definition) is 6. The fraction of sp³-hybridized carbons (Fsp3) is 0.320. The van der Waals surface area contributed by atoms with Crippen molar-refractivity contribution >= 4 is 28.9 Å². The van der Waals surface area contributed by atoms with Gasteiger partial charge in [0.1, 0.15) is 11.8 Å². The Labute approximate surface area is 196 Å². The Morgan fingerprint density at radius 3 is 2.52 bits per heavy atom. The van der Waals surface area contributed by atoms with Crippen molar-refractivity contribution in [1.29, 1.82) is 0 Å². The minimum atomic E-state index is -0.245. The van der Waals surface area contributed by atoms with E-state index in [0.29, 0.717) is 32.6 Å². The van der Waals surface area contributed by atoms with E-state index >= 15 is 0 Å². The first-order valence-corrected chi connectivity index (χ1v) is 12.0. The van der Waals surface area contributed by atoms with Gasteiger partial charge in [0.25, 0.3) is 11.8 Å². The molecule has 0 N–H and O–H groups in total. The zero-order chi connectivity index (χ0) is 22.8. The zero-order valence-corrected chi connectivity index (χ0v) is 19.3. The molecule has 0 spiro atoms. The van der Waals surface area contributed by atoms with Gasteiger partial charge in [0.2, 0.25) is 0 Å². The standard InChI is InChI=1S/C25H26N4O3S/c1-18-6-8-19(9-7-18)20-16-21(22-4-2-14-32-22)29(26-20)24(30)17-27-10-12-28(13-11-27)25(31)23-5-3-15-33-23/h2-9,14-15,21H,10-13,16-17H2,1H3/t21-/m1/s1. The highest BCUT2D eigenvalue weighted by molar-refractivity contribution is 7.12. The molecule has 2 aromatic heterocycles. The summed E-state index contributed by atoms with van der Waals surface area (Å²) in [5.41, 5.74) is 3.09. The van der Waals surface area contributed by atoms with Crippen LogP contribution in [0.3, 0.4) is 0 Å². The lowest BCUT2D eigenvalue weighted by molar-refractivity contribution is -0.134. The number of furan rings is 1. The quantitative estimate of drug-likeness (QED) is 0.579. The second-order valence-corrected chi connectivity index (χ2v) is 9.38. The van der Waals surface area contributed by atoms with Gasteiger partial charge in [-0.1, -0.05) is 35.9 Å². The average molecular weight is 463 g/mol. The van der Waals surface area contributed by atoms with Gasteiger partial charge in [0.15, 0.2) is 0 Å². The Morgan fingerprint density at radius 2 is 1.85 bits per heavy atom. The monoisotopic (exact) mass is 462 g/mol. The molecule has 3 aromatic rings. The summed E-state index contributed by atoms with van der Waals surface area (Å²) >= 11 is 1.46. The number of hydrogen-bond donors (Lipinski definition) is 0. The third kappa shape index (κ3) is 4.62. The number of piperazine rings is 1. The molecule has 4 heterocycles. The summed E-state index contributed by atoms with van der Waals surface area (Å²) in [5.74, 6) is 0.748. The maximum atomic E-state index is 13.3. The van der Waals surface area contributed by atoms with Crippen LogP contribution in [-0.4, -0.2) is 65.1 Å². The SMILES string of the molecule is Cc1ccc(C2=NN(C(=O)CN3CCN(C(=O)c4cccs4)CC3)[C@@H](c3ccco3)C2)cc1. The predicted molar refractivity (Wildman–Crippen MR) is 127 cm³/mol. The number of carbonyl (C=O) groups excluding carboxylic acids is 2. The van der Waals surface area contributed by atoms with E-state index in [1.807, 2.05) is 46.7 Å². The van der Waals surface area contributed by atoms with E-state index < -0.39 is 0 Å². The molecular formula is C25H26N4O3S. The van der Waals surface area contributed by atoms with Crippen LogP contribution in [0, 0.1) is 6.92 Å². The van der Waals surface area contributed by atoms with Crippen molar-refractivity contribution in [2.24, 2.45) is 5.10 Å². The van der Waals surface area contributed by atoms with E-state index in [0.717, 1.165) is 21.9 Å². The number of hydrazone groups is 1. The molecule has 1 saturated heterocycles. The summed E-state index contributed by atoms with van der Waals surface area (Å²) in [6.45, 7) is 4.87. The third-order valence-corrected chi connectivity index (χ3v) is 7.03. The second kappa shape index (κ2) is 9.33. The maximum absolute atomic E-state index is 13.3. The number of nitrogens with zero attached hydrogens (tertiary/aromatic N) is 4. The van der Waals surface area contributed by atoms with E-state index in [1.54, 1.807) is 11.3 Å². The lowest BCUT2D eigenvalue weighted by Gasteiger charge is -2.34. The Morgan fingerprint density at radius 1 is 1.06 bits per heavy atom. The van der Waals surface area contributed by atoms with Crippen molar-refractivity contribution in [3.63, 3.8) is 0 Å². The van der Waals surface area contributed by atoms with Crippen molar-refractivity contribution in [1.82, 2.24) is 14.8 Å². The minimum absolute atomic E-state index is 0.0588. The van der Waals surface area contributed by atoms with Crippen LogP contribution in [0.15, 0.2) is 69.7 Å². The molecule has 1 aromatic carbocycles. The second-order valence-electron chi connectivity index (χ2n) is 8.43. The highest BCUT2D eigenvalue weighted by Gasteiger charge is 2.36. The lowest BCUT2D eigenvalue weighted by Crippen LogP contribution is -2.51. The molecule has 5 rings (SSSR count). The Bertz CT molecular complexity index is 1130. The van der Waals surface area contributed by atoms with Crippen molar-refractivity contribution < 1.29 is 14.0 Å². The van der Waals surface area contributed by atoms with Crippen LogP contribution < -0.4 is 0 Å². The average Bonchev–Trinajstić information content (AvgIpc) is 3.61. The van der Waals surface area contributed by atoms with Crippen LogP contribution in [-0.2, 0) is 4.79 Å². The van der Waals surface area contributed by atoms with Gasteiger partial charge in [-0.05, 0) is 36.1 Å². The Balaban J connectivity index is 1.26. The van der Waals surface area contributed by atoms with Gasteiger partial charge in [-0.2, -0.15) is 5.10 Å². The number of aryl methyl sites for hydroxylation is 1. The van der Waals surface area contributed by atoms with Gasteiger partial charge in [0, 0.05) is 32.6 Å². The van der Waals surface area contributed by atoms with Crippen LogP contribution >= 0.6 is 11.3 Å². The first-order chi connectivity index (χ1) is 16.1. The molecule has 2 aliphatic rings. The van der Waals surface area contributed by atoms with E-state index in [-0.39, 0.29) is 24.4 Å². The maximum Gasteiger partial charge on any atom is 0.264 e. The highest BCUT2D eigenvalue weighted by atomic mass is 32.1. The van der Waals surface area contributed by atoms with Crippen molar-refractivity contribution in [3.05, 3.63) is 81.9 Å². The third-order valence-electron chi connectivity index (χ3n) is 6.17. The zero-order valence-electron chi connectivity index (χ0n) is 18.5. The van der Waals surface area contributed by atoms with Crippen LogP contribution in [0.25, 0.3) is 0 Å². The lowest BCUT2D eigenvalue weighted by atomic mass is 10.0. The van der Waals surface area contributed by atoms with Gasteiger partial charge in [-0.3, -0.25) is 14.5 Å². The number of benzene rings is 1. The Hall–Kier alpha value is -3.23. The predicted octanol–water partition coefficient (Wildman–Crippen LogP) is 3.79. The molecule has 8 heteroatoms. The molecule has 0 unspecified atom stereocenters. The van der Waals surface area contributed by atoms with E-state index in [9.17, 15) is 9.59 Å². The number of rotatable bonds is 5. The molecule has 7 nitrogen and oxygen atoms in total. The summed E-state index contributed by atoms with van der Waals surface area (Å²) in [7, 11) is 0.